The van der Waals surface area contributed by atoms with E-state index in [0.29, 0.717) is 6.04 Å². The summed E-state index contributed by atoms with van der Waals surface area (Å²) in [5.41, 5.74) is 1.32. The Morgan fingerprint density at radius 3 is 2.50 bits per heavy atom. The Morgan fingerprint density at radius 2 is 1.71 bits per heavy atom. The molecule has 0 aliphatic heterocycles. The summed E-state index contributed by atoms with van der Waals surface area (Å²) < 4.78 is 6.04. The first-order valence-electron chi connectivity index (χ1n) is 9.75. The van der Waals surface area contributed by atoms with Crippen LogP contribution >= 0.6 is 0 Å². The van der Waals surface area contributed by atoms with Crippen LogP contribution in [-0.2, 0) is 6.54 Å². The standard InChI is InChI=1S/C22H31NO/c1-2-16-24-22-15-14-18-10-8-9-13-20(18)21(22)17-23-19-11-6-4-3-5-7-12-19/h8-10,13-15,19,23H,2-7,11-12,16-17H2,1H3. The number of fused-ring (bicyclic) bond motifs is 1. The summed E-state index contributed by atoms with van der Waals surface area (Å²) in [5, 5.41) is 6.46. The molecule has 2 aromatic rings. The fraction of sp³-hybridized carbons (Fsp3) is 0.545. The summed E-state index contributed by atoms with van der Waals surface area (Å²) >= 11 is 0. The van der Waals surface area contributed by atoms with Crippen LogP contribution in [0.25, 0.3) is 10.8 Å². The highest BCUT2D eigenvalue weighted by molar-refractivity contribution is 5.87. The van der Waals surface area contributed by atoms with E-state index in [0.717, 1.165) is 25.3 Å². The zero-order valence-corrected chi connectivity index (χ0v) is 15.0. The lowest BCUT2D eigenvalue weighted by atomic mass is 9.96. The van der Waals surface area contributed by atoms with E-state index in [2.05, 4.69) is 48.6 Å². The molecule has 1 fully saturated rings. The van der Waals surface area contributed by atoms with Gasteiger partial charge in [0.15, 0.2) is 0 Å². The molecular weight excluding hydrogens is 294 g/mol. The Balaban J connectivity index is 1.77. The fourth-order valence-corrected chi connectivity index (χ4v) is 3.75. The smallest absolute Gasteiger partial charge is 0.124 e. The van der Waals surface area contributed by atoms with Crippen LogP contribution in [0.5, 0.6) is 5.75 Å². The number of nitrogens with one attached hydrogen (secondary N) is 1. The quantitative estimate of drug-likeness (QED) is 0.721. The second-order valence-electron chi connectivity index (χ2n) is 7.03. The second-order valence-corrected chi connectivity index (χ2v) is 7.03. The van der Waals surface area contributed by atoms with Crippen molar-refractivity contribution in [2.45, 2.75) is 70.9 Å². The van der Waals surface area contributed by atoms with E-state index in [1.165, 1.54) is 61.3 Å². The molecule has 0 saturated heterocycles. The summed E-state index contributed by atoms with van der Waals surface area (Å²) in [6.45, 7) is 3.85. The summed E-state index contributed by atoms with van der Waals surface area (Å²) in [5.74, 6) is 1.05. The van der Waals surface area contributed by atoms with E-state index < -0.39 is 0 Å². The predicted octanol–water partition coefficient (Wildman–Crippen LogP) is 5.83. The van der Waals surface area contributed by atoms with Crippen molar-refractivity contribution in [1.29, 1.82) is 0 Å². The van der Waals surface area contributed by atoms with Crippen molar-refractivity contribution < 1.29 is 4.74 Å². The first-order chi connectivity index (χ1) is 11.9. The normalized spacial score (nSPS) is 16.7. The maximum absolute atomic E-state index is 6.04. The Bertz CT molecular complexity index is 629. The molecule has 0 radical (unpaired) electrons. The number of benzene rings is 2. The van der Waals surface area contributed by atoms with Gasteiger partial charge in [0.25, 0.3) is 0 Å². The maximum Gasteiger partial charge on any atom is 0.124 e. The third kappa shape index (κ3) is 4.51. The number of hydrogen-bond acceptors (Lipinski definition) is 2. The van der Waals surface area contributed by atoms with Crippen molar-refractivity contribution in [3.05, 3.63) is 42.0 Å². The fourth-order valence-electron chi connectivity index (χ4n) is 3.75. The zero-order chi connectivity index (χ0) is 16.6. The van der Waals surface area contributed by atoms with Gasteiger partial charge in [-0.15, -0.1) is 0 Å². The number of ether oxygens (including phenoxy) is 1. The molecular formula is C22H31NO. The van der Waals surface area contributed by atoms with Crippen LogP contribution in [0.2, 0.25) is 0 Å². The second kappa shape index (κ2) is 9.08. The van der Waals surface area contributed by atoms with Gasteiger partial charge in [-0.2, -0.15) is 0 Å². The van der Waals surface area contributed by atoms with E-state index in [9.17, 15) is 0 Å². The van der Waals surface area contributed by atoms with E-state index in [-0.39, 0.29) is 0 Å². The first kappa shape index (κ1) is 17.3. The van der Waals surface area contributed by atoms with Gasteiger partial charge in [-0.1, -0.05) is 69.4 Å². The van der Waals surface area contributed by atoms with Gasteiger partial charge in [0.1, 0.15) is 5.75 Å². The van der Waals surface area contributed by atoms with E-state index in [1.54, 1.807) is 0 Å². The highest BCUT2D eigenvalue weighted by Crippen LogP contribution is 2.29. The van der Waals surface area contributed by atoms with Crippen LogP contribution in [0.4, 0.5) is 0 Å². The third-order valence-electron chi connectivity index (χ3n) is 5.13. The van der Waals surface area contributed by atoms with Crippen molar-refractivity contribution in [1.82, 2.24) is 5.32 Å². The molecule has 130 valence electrons. The Hall–Kier alpha value is -1.54. The molecule has 0 aromatic heterocycles. The Labute approximate surface area is 146 Å². The van der Waals surface area contributed by atoms with Crippen molar-refractivity contribution in [3.63, 3.8) is 0 Å². The Kier molecular flexibility index (Phi) is 6.54. The van der Waals surface area contributed by atoms with Crippen LogP contribution in [0.1, 0.15) is 63.9 Å². The molecule has 0 amide bonds. The average molecular weight is 325 g/mol. The third-order valence-corrected chi connectivity index (χ3v) is 5.13. The highest BCUT2D eigenvalue weighted by atomic mass is 16.5. The topological polar surface area (TPSA) is 21.3 Å². The van der Waals surface area contributed by atoms with Crippen molar-refractivity contribution in [3.8, 4) is 5.75 Å². The van der Waals surface area contributed by atoms with Crippen LogP contribution in [-0.4, -0.2) is 12.6 Å². The van der Waals surface area contributed by atoms with Crippen molar-refractivity contribution in [2.75, 3.05) is 6.61 Å². The number of rotatable bonds is 6. The van der Waals surface area contributed by atoms with Gasteiger partial charge in [0.05, 0.1) is 6.61 Å². The van der Waals surface area contributed by atoms with Crippen LogP contribution in [0.15, 0.2) is 36.4 Å². The molecule has 2 nitrogen and oxygen atoms in total. The van der Waals surface area contributed by atoms with Crippen LogP contribution in [0, 0.1) is 0 Å². The predicted molar refractivity (Wildman–Crippen MR) is 103 cm³/mol. The van der Waals surface area contributed by atoms with Crippen molar-refractivity contribution >= 4 is 10.8 Å². The molecule has 1 saturated carbocycles. The molecule has 0 bridgehead atoms. The lowest BCUT2D eigenvalue weighted by Crippen LogP contribution is -2.29. The average Bonchev–Trinajstić information content (AvgIpc) is 2.59. The van der Waals surface area contributed by atoms with E-state index in [1.807, 2.05) is 0 Å². The van der Waals surface area contributed by atoms with Crippen LogP contribution in [0.3, 0.4) is 0 Å². The molecule has 0 heterocycles. The van der Waals surface area contributed by atoms with Gasteiger partial charge < -0.3 is 10.1 Å². The molecule has 1 N–H and O–H groups in total. The molecule has 0 unspecified atom stereocenters. The molecule has 2 aromatic carbocycles. The van der Waals surface area contributed by atoms with Gasteiger partial charge >= 0.3 is 0 Å². The summed E-state index contributed by atoms with van der Waals surface area (Å²) in [7, 11) is 0. The molecule has 0 atom stereocenters. The molecule has 1 aliphatic rings. The number of hydrogen-bond donors (Lipinski definition) is 1. The lowest BCUT2D eigenvalue weighted by molar-refractivity contribution is 0.312. The summed E-state index contributed by atoms with van der Waals surface area (Å²) in [4.78, 5) is 0. The van der Waals surface area contributed by atoms with Crippen molar-refractivity contribution in [2.24, 2.45) is 0 Å². The SMILES string of the molecule is CCCOc1ccc2ccccc2c1CNC1CCCCCCC1. The summed E-state index contributed by atoms with van der Waals surface area (Å²) in [6.07, 6.45) is 10.6. The van der Waals surface area contributed by atoms with Gasteiger partial charge in [0.2, 0.25) is 0 Å². The maximum atomic E-state index is 6.04. The highest BCUT2D eigenvalue weighted by Gasteiger charge is 2.14. The molecule has 1 aliphatic carbocycles. The first-order valence-corrected chi connectivity index (χ1v) is 9.75. The monoisotopic (exact) mass is 325 g/mol. The van der Waals surface area contributed by atoms with Gasteiger partial charge in [-0.25, -0.2) is 0 Å². The minimum absolute atomic E-state index is 0.656. The molecule has 0 spiro atoms. The minimum atomic E-state index is 0.656. The molecule has 24 heavy (non-hydrogen) atoms. The summed E-state index contributed by atoms with van der Waals surface area (Å²) in [6, 6.07) is 13.6. The molecule has 3 rings (SSSR count). The molecule has 2 heteroatoms. The Morgan fingerprint density at radius 1 is 0.958 bits per heavy atom. The largest absolute Gasteiger partial charge is 0.493 e. The van der Waals surface area contributed by atoms with Gasteiger partial charge in [-0.05, 0) is 36.1 Å². The van der Waals surface area contributed by atoms with Gasteiger partial charge in [-0.3, -0.25) is 0 Å². The van der Waals surface area contributed by atoms with E-state index >= 15 is 0 Å². The van der Waals surface area contributed by atoms with E-state index in [4.69, 9.17) is 4.74 Å². The van der Waals surface area contributed by atoms with Crippen LogP contribution < -0.4 is 10.1 Å². The minimum Gasteiger partial charge on any atom is -0.493 e. The zero-order valence-electron chi connectivity index (χ0n) is 15.0. The van der Waals surface area contributed by atoms with Gasteiger partial charge in [0, 0.05) is 18.2 Å². The lowest BCUT2D eigenvalue weighted by Gasteiger charge is -2.22.